The van der Waals surface area contributed by atoms with Crippen molar-refractivity contribution < 1.29 is 28.6 Å². The normalized spacial score (nSPS) is 26.8. The highest BCUT2D eigenvalue weighted by Crippen LogP contribution is 2.27. The minimum atomic E-state index is -0.812. The maximum absolute atomic E-state index is 11.6. The van der Waals surface area contributed by atoms with Gasteiger partial charge < -0.3 is 14.2 Å². The topological polar surface area (TPSA) is 78.9 Å². The van der Waals surface area contributed by atoms with E-state index < -0.39 is 23.6 Å². The summed E-state index contributed by atoms with van der Waals surface area (Å²) in [5.41, 5.74) is 0.300. The predicted molar refractivity (Wildman–Crippen MR) is 60.8 cm³/mol. The molecular formula is C11H13ClO6. The Morgan fingerprint density at radius 3 is 2.67 bits per heavy atom. The van der Waals surface area contributed by atoms with E-state index in [1.807, 2.05) is 0 Å². The van der Waals surface area contributed by atoms with Crippen LogP contribution in [0.3, 0.4) is 0 Å². The summed E-state index contributed by atoms with van der Waals surface area (Å²) in [4.78, 5) is 32.3. The Kier molecular flexibility index (Phi) is 5.64. The molecule has 0 unspecified atom stereocenters. The van der Waals surface area contributed by atoms with Crippen molar-refractivity contribution >= 4 is 30.5 Å². The van der Waals surface area contributed by atoms with Crippen LogP contribution >= 0.6 is 11.6 Å². The highest BCUT2D eigenvalue weighted by Gasteiger charge is 2.37. The van der Waals surface area contributed by atoms with E-state index >= 15 is 0 Å². The van der Waals surface area contributed by atoms with Crippen molar-refractivity contribution in [2.75, 3.05) is 6.61 Å². The van der Waals surface area contributed by atoms with Crippen LogP contribution in [0.4, 0.5) is 0 Å². The first-order valence-electron chi connectivity index (χ1n) is 5.34. The fourth-order valence-electron chi connectivity index (χ4n) is 1.69. The van der Waals surface area contributed by atoms with Gasteiger partial charge in [-0.3, -0.25) is 9.59 Å². The number of ether oxygens (including phenoxy) is 3. The molecule has 1 aliphatic rings. The van der Waals surface area contributed by atoms with Crippen molar-refractivity contribution in [3.8, 4) is 0 Å². The maximum Gasteiger partial charge on any atom is 0.333 e. The standard InChI is InChI=1S/C11H13ClO6/c1-2-16-11(15)7-3-8(12)10(18-6-14)9(4-7)17-5-13/h3,5-6,8-10H,2,4H2,1H3/t8-,9+,10+/m0/s1. The first kappa shape index (κ1) is 14.5. The fraction of sp³-hybridized carbons (Fsp3) is 0.545. The van der Waals surface area contributed by atoms with Gasteiger partial charge in [0.1, 0.15) is 6.10 Å². The minimum absolute atomic E-state index is 0.0965. The number of esters is 1. The van der Waals surface area contributed by atoms with E-state index in [4.69, 9.17) is 25.8 Å². The molecule has 6 nitrogen and oxygen atoms in total. The van der Waals surface area contributed by atoms with Gasteiger partial charge in [0.25, 0.3) is 12.9 Å². The summed E-state index contributed by atoms with van der Waals surface area (Å²) in [7, 11) is 0. The van der Waals surface area contributed by atoms with E-state index in [0.717, 1.165) is 0 Å². The molecule has 0 spiro atoms. The van der Waals surface area contributed by atoms with Gasteiger partial charge in [-0.2, -0.15) is 0 Å². The quantitative estimate of drug-likeness (QED) is 0.305. The second-order valence-corrected chi connectivity index (χ2v) is 4.03. The molecule has 0 saturated carbocycles. The summed E-state index contributed by atoms with van der Waals surface area (Å²) in [5.74, 6) is -0.521. The smallest absolute Gasteiger partial charge is 0.333 e. The predicted octanol–water partition coefficient (Wildman–Crippen LogP) is 0.570. The van der Waals surface area contributed by atoms with E-state index in [2.05, 4.69) is 0 Å². The van der Waals surface area contributed by atoms with Gasteiger partial charge in [-0.15, -0.1) is 11.6 Å². The molecule has 0 bridgehead atoms. The number of hydrogen-bond acceptors (Lipinski definition) is 6. The third-order valence-electron chi connectivity index (χ3n) is 2.44. The van der Waals surface area contributed by atoms with E-state index in [1.165, 1.54) is 6.08 Å². The van der Waals surface area contributed by atoms with Crippen molar-refractivity contribution in [2.45, 2.75) is 30.9 Å². The highest BCUT2D eigenvalue weighted by atomic mass is 35.5. The number of carbonyl (C=O) groups is 3. The summed E-state index contributed by atoms with van der Waals surface area (Å²) < 4.78 is 14.4. The molecule has 0 aliphatic heterocycles. The Hall–Kier alpha value is -1.56. The first-order chi connectivity index (χ1) is 8.63. The van der Waals surface area contributed by atoms with Crippen LogP contribution in [0.5, 0.6) is 0 Å². The van der Waals surface area contributed by atoms with Crippen LogP contribution in [0, 0.1) is 0 Å². The van der Waals surface area contributed by atoms with Gasteiger partial charge >= 0.3 is 5.97 Å². The Balaban J connectivity index is 2.85. The molecule has 0 aromatic carbocycles. The van der Waals surface area contributed by atoms with Gasteiger partial charge in [-0.1, -0.05) is 6.08 Å². The molecule has 0 heterocycles. The number of alkyl halides is 1. The Morgan fingerprint density at radius 1 is 1.44 bits per heavy atom. The molecule has 0 saturated heterocycles. The number of carbonyl (C=O) groups excluding carboxylic acids is 3. The zero-order valence-corrected chi connectivity index (χ0v) is 10.5. The van der Waals surface area contributed by atoms with Gasteiger partial charge in [0.05, 0.1) is 12.0 Å². The van der Waals surface area contributed by atoms with Crippen LogP contribution in [-0.4, -0.2) is 43.1 Å². The Labute approximate surface area is 109 Å². The van der Waals surface area contributed by atoms with Crippen LogP contribution < -0.4 is 0 Å². The van der Waals surface area contributed by atoms with Gasteiger partial charge in [0.15, 0.2) is 6.10 Å². The van der Waals surface area contributed by atoms with E-state index in [0.29, 0.717) is 5.57 Å². The van der Waals surface area contributed by atoms with Crippen molar-refractivity contribution in [3.63, 3.8) is 0 Å². The Bertz CT molecular complexity index is 353. The lowest BCUT2D eigenvalue weighted by Crippen LogP contribution is -2.42. The zero-order chi connectivity index (χ0) is 13.5. The second kappa shape index (κ2) is 7.00. The lowest BCUT2D eigenvalue weighted by molar-refractivity contribution is -0.152. The average molecular weight is 277 g/mol. The van der Waals surface area contributed by atoms with Crippen molar-refractivity contribution in [1.82, 2.24) is 0 Å². The van der Waals surface area contributed by atoms with Gasteiger partial charge in [-0.05, 0) is 6.92 Å². The van der Waals surface area contributed by atoms with Gasteiger partial charge in [0.2, 0.25) is 0 Å². The zero-order valence-electron chi connectivity index (χ0n) is 9.71. The molecule has 3 atom stereocenters. The van der Waals surface area contributed by atoms with Crippen LogP contribution in [0.15, 0.2) is 11.6 Å². The molecular weight excluding hydrogens is 264 g/mol. The van der Waals surface area contributed by atoms with Crippen molar-refractivity contribution in [2.24, 2.45) is 0 Å². The number of rotatable bonds is 6. The van der Waals surface area contributed by atoms with E-state index in [1.54, 1.807) is 6.92 Å². The molecule has 0 fully saturated rings. The molecule has 0 aromatic heterocycles. The summed E-state index contributed by atoms with van der Waals surface area (Å²) >= 11 is 5.97. The molecule has 7 heteroatoms. The fourth-order valence-corrected chi connectivity index (χ4v) is 2.07. The largest absolute Gasteiger partial charge is 0.463 e. The first-order valence-corrected chi connectivity index (χ1v) is 5.77. The minimum Gasteiger partial charge on any atom is -0.463 e. The van der Waals surface area contributed by atoms with Crippen molar-refractivity contribution in [1.29, 1.82) is 0 Å². The molecule has 0 amide bonds. The maximum atomic E-state index is 11.6. The van der Waals surface area contributed by atoms with Crippen LogP contribution in [0.2, 0.25) is 0 Å². The third-order valence-corrected chi connectivity index (χ3v) is 2.82. The summed E-state index contributed by atoms with van der Waals surface area (Å²) in [5, 5.41) is -0.756. The van der Waals surface area contributed by atoms with Crippen LogP contribution in [-0.2, 0) is 28.6 Å². The summed E-state index contributed by atoms with van der Waals surface area (Å²) in [6, 6.07) is 0. The van der Waals surface area contributed by atoms with Crippen LogP contribution in [0.1, 0.15) is 13.3 Å². The molecule has 0 N–H and O–H groups in total. The Morgan fingerprint density at radius 2 is 2.11 bits per heavy atom. The molecule has 0 aromatic rings. The lowest BCUT2D eigenvalue weighted by atomic mass is 9.93. The third kappa shape index (κ3) is 3.46. The van der Waals surface area contributed by atoms with E-state index in [9.17, 15) is 14.4 Å². The molecule has 18 heavy (non-hydrogen) atoms. The summed E-state index contributed by atoms with van der Waals surface area (Å²) in [6.45, 7) is 2.36. The molecule has 100 valence electrons. The van der Waals surface area contributed by atoms with Gasteiger partial charge in [0, 0.05) is 12.0 Å². The lowest BCUT2D eigenvalue weighted by Gasteiger charge is -2.30. The van der Waals surface area contributed by atoms with E-state index in [-0.39, 0.29) is 26.0 Å². The number of halogens is 1. The molecule has 1 rings (SSSR count). The highest BCUT2D eigenvalue weighted by molar-refractivity contribution is 6.22. The second-order valence-electron chi connectivity index (χ2n) is 3.53. The summed E-state index contributed by atoms with van der Waals surface area (Å²) in [6.07, 6.45) is -0.0651. The van der Waals surface area contributed by atoms with Crippen molar-refractivity contribution in [3.05, 3.63) is 11.6 Å². The SMILES string of the molecule is CCOC(=O)C1=C[C@H](Cl)[C@@H](OC=O)[C@H](OC=O)C1. The average Bonchev–Trinajstić information content (AvgIpc) is 2.33. The van der Waals surface area contributed by atoms with Gasteiger partial charge in [-0.25, -0.2) is 4.79 Å². The van der Waals surface area contributed by atoms with Crippen LogP contribution in [0.25, 0.3) is 0 Å². The number of hydrogen-bond donors (Lipinski definition) is 0. The molecule has 0 radical (unpaired) electrons. The monoisotopic (exact) mass is 276 g/mol. The molecule has 1 aliphatic carbocycles.